The Morgan fingerprint density at radius 1 is 1.08 bits per heavy atom. The molecule has 5 heteroatoms. The summed E-state index contributed by atoms with van der Waals surface area (Å²) in [6, 6.07) is 8.16. The normalized spacial score (nSPS) is 24.1. The van der Waals surface area contributed by atoms with Crippen LogP contribution in [0.1, 0.15) is 44.2 Å². The molecule has 24 heavy (non-hydrogen) atoms. The number of ether oxygens (including phenoxy) is 1. The van der Waals surface area contributed by atoms with Crippen LogP contribution in [-0.2, 0) is 9.59 Å². The molecule has 130 valence electrons. The Bertz CT molecular complexity index is 599. The van der Waals surface area contributed by atoms with Crippen LogP contribution in [0.4, 0.5) is 0 Å². The van der Waals surface area contributed by atoms with Crippen molar-refractivity contribution >= 4 is 11.8 Å². The highest BCUT2D eigenvalue weighted by Crippen LogP contribution is 2.35. The maximum atomic E-state index is 13.0. The van der Waals surface area contributed by atoms with E-state index in [0.717, 1.165) is 44.5 Å². The minimum atomic E-state index is -0.0542. The summed E-state index contributed by atoms with van der Waals surface area (Å²) in [5.41, 5.74) is 1.17. The molecule has 0 radical (unpaired) electrons. The van der Waals surface area contributed by atoms with E-state index >= 15 is 0 Å². The molecule has 0 saturated carbocycles. The van der Waals surface area contributed by atoms with Gasteiger partial charge in [0.05, 0.1) is 19.1 Å². The topological polar surface area (TPSA) is 49.9 Å². The molecular formula is C19H26N2O3. The Morgan fingerprint density at radius 3 is 2.46 bits per heavy atom. The quantitative estimate of drug-likeness (QED) is 0.856. The molecule has 2 aliphatic heterocycles. The van der Waals surface area contributed by atoms with E-state index in [2.05, 4.69) is 12.1 Å². The fourth-order valence-corrected chi connectivity index (χ4v) is 3.90. The number of benzene rings is 1. The molecule has 2 unspecified atom stereocenters. The Morgan fingerprint density at radius 2 is 1.79 bits per heavy atom. The Labute approximate surface area is 143 Å². The number of carbonyl (C=O) groups excluding carboxylic acids is 2. The Kier molecular flexibility index (Phi) is 5.07. The summed E-state index contributed by atoms with van der Waals surface area (Å²) in [4.78, 5) is 28.5. The fourth-order valence-electron chi connectivity index (χ4n) is 3.90. The SMILES string of the molecule is COc1ccc(C2CCCN2C(=O)C2CCCN(C(C)=O)C2)cc1. The smallest absolute Gasteiger partial charge is 0.227 e. The minimum absolute atomic E-state index is 0.0542. The summed E-state index contributed by atoms with van der Waals surface area (Å²) in [6.07, 6.45) is 3.83. The van der Waals surface area contributed by atoms with Gasteiger partial charge in [0.2, 0.25) is 11.8 Å². The molecule has 0 aliphatic carbocycles. The standard InChI is InChI=1S/C19H26N2O3/c1-14(22)20-11-3-5-16(13-20)19(23)21-12-4-6-18(21)15-7-9-17(24-2)10-8-15/h7-10,16,18H,3-6,11-13H2,1-2H3. The largest absolute Gasteiger partial charge is 0.497 e. The molecule has 2 atom stereocenters. The molecule has 2 heterocycles. The monoisotopic (exact) mass is 330 g/mol. The molecule has 2 aliphatic rings. The summed E-state index contributed by atoms with van der Waals surface area (Å²) in [6.45, 7) is 3.75. The van der Waals surface area contributed by atoms with Crippen LogP contribution in [0.2, 0.25) is 0 Å². The highest BCUT2D eigenvalue weighted by Gasteiger charge is 2.36. The number of likely N-dealkylation sites (tertiary alicyclic amines) is 2. The Hall–Kier alpha value is -2.04. The van der Waals surface area contributed by atoms with Crippen molar-refractivity contribution in [3.05, 3.63) is 29.8 Å². The van der Waals surface area contributed by atoms with Gasteiger partial charge in [-0.15, -0.1) is 0 Å². The van der Waals surface area contributed by atoms with E-state index in [4.69, 9.17) is 4.74 Å². The molecule has 0 aromatic heterocycles. The molecule has 0 N–H and O–H groups in total. The second kappa shape index (κ2) is 7.24. The molecule has 2 saturated heterocycles. The van der Waals surface area contributed by atoms with Gasteiger partial charge in [0.1, 0.15) is 5.75 Å². The van der Waals surface area contributed by atoms with Crippen molar-refractivity contribution in [1.82, 2.24) is 9.80 Å². The van der Waals surface area contributed by atoms with Crippen molar-refractivity contribution in [3.8, 4) is 5.75 Å². The molecule has 0 spiro atoms. The predicted octanol–water partition coefficient (Wildman–Crippen LogP) is 2.62. The first-order valence-corrected chi connectivity index (χ1v) is 8.80. The molecule has 2 fully saturated rings. The Balaban J connectivity index is 1.72. The van der Waals surface area contributed by atoms with E-state index in [1.807, 2.05) is 21.9 Å². The van der Waals surface area contributed by atoms with E-state index in [1.165, 1.54) is 5.56 Å². The predicted molar refractivity (Wildman–Crippen MR) is 91.7 cm³/mol. The number of hydrogen-bond acceptors (Lipinski definition) is 3. The van der Waals surface area contributed by atoms with Crippen LogP contribution in [0.5, 0.6) is 5.75 Å². The molecule has 1 aromatic rings. The lowest BCUT2D eigenvalue weighted by molar-refractivity contribution is -0.140. The van der Waals surface area contributed by atoms with Gasteiger partial charge in [0.25, 0.3) is 0 Å². The van der Waals surface area contributed by atoms with E-state index in [0.29, 0.717) is 6.54 Å². The highest BCUT2D eigenvalue weighted by molar-refractivity contribution is 5.81. The second-order valence-corrected chi connectivity index (χ2v) is 6.77. The zero-order valence-electron chi connectivity index (χ0n) is 14.5. The fraction of sp³-hybridized carbons (Fsp3) is 0.579. The third-order valence-corrected chi connectivity index (χ3v) is 5.25. The number of rotatable bonds is 3. The number of nitrogens with zero attached hydrogens (tertiary/aromatic N) is 2. The summed E-state index contributed by atoms with van der Waals surface area (Å²) in [7, 11) is 1.66. The summed E-state index contributed by atoms with van der Waals surface area (Å²) in [5.74, 6) is 1.06. The van der Waals surface area contributed by atoms with Gasteiger partial charge in [-0.25, -0.2) is 0 Å². The lowest BCUT2D eigenvalue weighted by atomic mass is 9.95. The number of carbonyl (C=O) groups is 2. The maximum absolute atomic E-state index is 13.0. The van der Waals surface area contributed by atoms with Gasteiger partial charge in [-0.05, 0) is 43.4 Å². The summed E-state index contributed by atoms with van der Waals surface area (Å²) in [5, 5.41) is 0. The van der Waals surface area contributed by atoms with Crippen molar-refractivity contribution in [1.29, 1.82) is 0 Å². The maximum Gasteiger partial charge on any atom is 0.227 e. The number of piperidine rings is 1. The first-order valence-electron chi connectivity index (χ1n) is 8.80. The first-order chi connectivity index (χ1) is 11.6. The summed E-state index contributed by atoms with van der Waals surface area (Å²) < 4.78 is 5.22. The van der Waals surface area contributed by atoms with Gasteiger partial charge in [-0.3, -0.25) is 9.59 Å². The molecule has 3 rings (SSSR count). The van der Waals surface area contributed by atoms with Crippen LogP contribution in [0.15, 0.2) is 24.3 Å². The van der Waals surface area contributed by atoms with Crippen molar-refractivity contribution in [3.63, 3.8) is 0 Å². The molecule has 2 amide bonds. The number of hydrogen-bond donors (Lipinski definition) is 0. The molecule has 1 aromatic carbocycles. The highest BCUT2D eigenvalue weighted by atomic mass is 16.5. The van der Waals surface area contributed by atoms with Crippen LogP contribution in [0.3, 0.4) is 0 Å². The van der Waals surface area contributed by atoms with Gasteiger partial charge >= 0.3 is 0 Å². The van der Waals surface area contributed by atoms with Crippen molar-refractivity contribution in [2.24, 2.45) is 5.92 Å². The van der Waals surface area contributed by atoms with Gasteiger partial charge in [-0.1, -0.05) is 12.1 Å². The van der Waals surface area contributed by atoms with Crippen molar-refractivity contribution in [2.75, 3.05) is 26.7 Å². The van der Waals surface area contributed by atoms with Gasteiger partial charge in [0, 0.05) is 26.6 Å². The van der Waals surface area contributed by atoms with Crippen LogP contribution in [0.25, 0.3) is 0 Å². The van der Waals surface area contributed by atoms with Crippen LogP contribution in [0, 0.1) is 5.92 Å². The van der Waals surface area contributed by atoms with E-state index in [1.54, 1.807) is 14.0 Å². The third-order valence-electron chi connectivity index (χ3n) is 5.25. The molecular weight excluding hydrogens is 304 g/mol. The zero-order chi connectivity index (χ0) is 17.1. The van der Waals surface area contributed by atoms with Crippen molar-refractivity contribution < 1.29 is 14.3 Å². The third kappa shape index (κ3) is 3.40. The second-order valence-electron chi connectivity index (χ2n) is 6.77. The van der Waals surface area contributed by atoms with Gasteiger partial charge < -0.3 is 14.5 Å². The van der Waals surface area contributed by atoms with Crippen LogP contribution < -0.4 is 4.74 Å². The number of amides is 2. The van der Waals surface area contributed by atoms with Gasteiger partial charge in [-0.2, -0.15) is 0 Å². The average molecular weight is 330 g/mol. The lowest BCUT2D eigenvalue weighted by Crippen LogP contribution is -2.46. The lowest BCUT2D eigenvalue weighted by Gasteiger charge is -2.35. The van der Waals surface area contributed by atoms with E-state index in [-0.39, 0.29) is 23.8 Å². The number of methoxy groups -OCH3 is 1. The van der Waals surface area contributed by atoms with Crippen LogP contribution in [-0.4, -0.2) is 48.4 Å². The molecule has 5 nitrogen and oxygen atoms in total. The van der Waals surface area contributed by atoms with E-state index in [9.17, 15) is 9.59 Å². The molecule has 0 bridgehead atoms. The average Bonchev–Trinajstić information content (AvgIpc) is 3.11. The van der Waals surface area contributed by atoms with Crippen LogP contribution >= 0.6 is 0 Å². The van der Waals surface area contributed by atoms with E-state index < -0.39 is 0 Å². The van der Waals surface area contributed by atoms with Gasteiger partial charge in [0.15, 0.2) is 0 Å². The zero-order valence-corrected chi connectivity index (χ0v) is 14.5. The van der Waals surface area contributed by atoms with Crippen molar-refractivity contribution in [2.45, 2.75) is 38.6 Å². The minimum Gasteiger partial charge on any atom is -0.497 e. The summed E-state index contributed by atoms with van der Waals surface area (Å²) >= 11 is 0. The first kappa shape index (κ1) is 16.8.